The summed E-state index contributed by atoms with van der Waals surface area (Å²) in [5.74, 6) is 0. The number of hydrogen-bond donors (Lipinski definition) is 1. The number of aromatic amines is 1. The fraction of sp³-hybridized carbons (Fsp3) is 0.0909. The van der Waals surface area contributed by atoms with Crippen molar-refractivity contribution < 1.29 is 0 Å². The number of H-pyrrole nitrogens is 1. The van der Waals surface area contributed by atoms with E-state index in [1.165, 1.54) is 5.39 Å². The van der Waals surface area contributed by atoms with Gasteiger partial charge in [-0.25, -0.2) is 0 Å². The van der Waals surface area contributed by atoms with Gasteiger partial charge in [-0.2, -0.15) is 0 Å². The van der Waals surface area contributed by atoms with E-state index in [2.05, 4.69) is 39.4 Å². The zero-order valence-corrected chi connectivity index (χ0v) is 10.2. The van der Waals surface area contributed by atoms with E-state index < -0.39 is 0 Å². The van der Waals surface area contributed by atoms with Crippen molar-refractivity contribution in [1.82, 2.24) is 15.2 Å². The fourth-order valence-electron chi connectivity index (χ4n) is 1.60. The summed E-state index contributed by atoms with van der Waals surface area (Å²) >= 11 is 3.26. The van der Waals surface area contributed by atoms with Gasteiger partial charge in [-0.15, -0.1) is 10.2 Å². The SMILES string of the molecule is CSc1nnc(-c2ccc3[nH]ccc3c2)s1. The molecule has 0 fully saturated rings. The molecule has 2 aromatic heterocycles. The van der Waals surface area contributed by atoms with E-state index in [9.17, 15) is 0 Å². The molecule has 0 saturated heterocycles. The summed E-state index contributed by atoms with van der Waals surface area (Å²) in [6, 6.07) is 8.35. The molecule has 5 heteroatoms. The highest BCUT2D eigenvalue weighted by Crippen LogP contribution is 2.29. The normalized spacial score (nSPS) is 11.1. The molecule has 0 spiro atoms. The van der Waals surface area contributed by atoms with Crippen LogP contribution in [0.3, 0.4) is 0 Å². The van der Waals surface area contributed by atoms with E-state index in [1.807, 2.05) is 12.5 Å². The number of hydrogen-bond acceptors (Lipinski definition) is 4. The number of thioether (sulfide) groups is 1. The summed E-state index contributed by atoms with van der Waals surface area (Å²) in [5, 5.41) is 10.5. The predicted molar refractivity (Wildman–Crippen MR) is 69.0 cm³/mol. The molecule has 3 aromatic rings. The van der Waals surface area contributed by atoms with Crippen LogP contribution in [0.5, 0.6) is 0 Å². The molecule has 3 nitrogen and oxygen atoms in total. The first kappa shape index (κ1) is 9.86. The average molecular weight is 247 g/mol. The van der Waals surface area contributed by atoms with Crippen LogP contribution >= 0.6 is 23.1 Å². The Kier molecular flexibility index (Phi) is 2.41. The van der Waals surface area contributed by atoms with Gasteiger partial charge in [0.05, 0.1) is 0 Å². The van der Waals surface area contributed by atoms with Crippen molar-refractivity contribution in [3.63, 3.8) is 0 Å². The molecule has 16 heavy (non-hydrogen) atoms. The van der Waals surface area contributed by atoms with Crippen LogP contribution < -0.4 is 0 Å². The highest BCUT2D eigenvalue weighted by molar-refractivity contribution is 8.00. The number of rotatable bonds is 2. The summed E-state index contributed by atoms with van der Waals surface area (Å²) in [7, 11) is 0. The summed E-state index contributed by atoms with van der Waals surface area (Å²) in [6.45, 7) is 0. The Bertz CT molecular complexity index is 627. The van der Waals surface area contributed by atoms with Crippen molar-refractivity contribution in [3.05, 3.63) is 30.5 Å². The molecule has 0 radical (unpaired) electrons. The van der Waals surface area contributed by atoms with Crippen molar-refractivity contribution in [2.24, 2.45) is 0 Å². The molecule has 0 saturated carbocycles. The smallest absolute Gasteiger partial charge is 0.174 e. The highest BCUT2D eigenvalue weighted by Gasteiger charge is 2.06. The van der Waals surface area contributed by atoms with E-state index in [4.69, 9.17) is 0 Å². The lowest BCUT2D eigenvalue weighted by Gasteiger charge is -1.95. The molecule has 0 amide bonds. The van der Waals surface area contributed by atoms with Gasteiger partial charge in [0.15, 0.2) is 4.34 Å². The zero-order valence-electron chi connectivity index (χ0n) is 8.60. The van der Waals surface area contributed by atoms with E-state index in [0.717, 1.165) is 20.4 Å². The van der Waals surface area contributed by atoms with Gasteiger partial charge in [0, 0.05) is 22.7 Å². The second-order valence-corrected chi connectivity index (χ2v) is 5.39. The summed E-state index contributed by atoms with van der Waals surface area (Å²) in [4.78, 5) is 3.18. The van der Waals surface area contributed by atoms with Crippen LogP contribution in [0, 0.1) is 0 Å². The van der Waals surface area contributed by atoms with Crippen molar-refractivity contribution in [1.29, 1.82) is 0 Å². The Morgan fingerprint density at radius 2 is 2.19 bits per heavy atom. The van der Waals surface area contributed by atoms with Crippen molar-refractivity contribution >= 4 is 34.0 Å². The molecule has 0 aliphatic rings. The minimum Gasteiger partial charge on any atom is -0.361 e. The molecular formula is C11H9N3S2. The second kappa shape index (κ2) is 3.92. The first-order valence-electron chi connectivity index (χ1n) is 4.82. The van der Waals surface area contributed by atoms with E-state index in [1.54, 1.807) is 23.1 Å². The van der Waals surface area contributed by atoms with Crippen LogP contribution in [-0.2, 0) is 0 Å². The predicted octanol–water partition coefficient (Wildman–Crippen LogP) is 3.41. The Morgan fingerprint density at radius 3 is 3.00 bits per heavy atom. The van der Waals surface area contributed by atoms with Crippen molar-refractivity contribution in [2.45, 2.75) is 4.34 Å². The Labute approximate surface area is 101 Å². The monoisotopic (exact) mass is 247 g/mol. The molecule has 0 aliphatic carbocycles. The lowest BCUT2D eigenvalue weighted by atomic mass is 10.2. The Hall–Kier alpha value is -1.33. The molecule has 3 rings (SSSR count). The molecule has 1 N–H and O–H groups in total. The first-order valence-corrected chi connectivity index (χ1v) is 6.86. The molecule has 0 atom stereocenters. The van der Waals surface area contributed by atoms with Gasteiger partial charge < -0.3 is 4.98 Å². The Morgan fingerprint density at radius 1 is 1.25 bits per heavy atom. The standard InChI is InChI=1S/C11H9N3S2/c1-15-11-14-13-10(16-11)8-2-3-9-7(6-8)4-5-12-9/h2-6,12H,1H3. The largest absolute Gasteiger partial charge is 0.361 e. The summed E-state index contributed by atoms with van der Waals surface area (Å²) in [5.41, 5.74) is 2.28. The minimum absolute atomic E-state index is 0.979. The maximum absolute atomic E-state index is 4.19. The third-order valence-corrected chi connectivity index (χ3v) is 4.33. The van der Waals surface area contributed by atoms with Gasteiger partial charge >= 0.3 is 0 Å². The third kappa shape index (κ3) is 1.62. The summed E-state index contributed by atoms with van der Waals surface area (Å²) in [6.07, 6.45) is 3.96. The van der Waals surface area contributed by atoms with Gasteiger partial charge in [0.1, 0.15) is 5.01 Å². The molecule has 0 unspecified atom stereocenters. The van der Waals surface area contributed by atoms with Crippen LogP contribution in [0.4, 0.5) is 0 Å². The molecule has 80 valence electrons. The lowest BCUT2D eigenvalue weighted by Crippen LogP contribution is -1.76. The van der Waals surface area contributed by atoms with Gasteiger partial charge in [-0.05, 0) is 30.5 Å². The van der Waals surface area contributed by atoms with Gasteiger partial charge in [-0.3, -0.25) is 0 Å². The highest BCUT2D eigenvalue weighted by atomic mass is 32.2. The van der Waals surface area contributed by atoms with Crippen LogP contribution in [-0.4, -0.2) is 21.4 Å². The number of fused-ring (bicyclic) bond motifs is 1. The van der Waals surface area contributed by atoms with E-state index >= 15 is 0 Å². The second-order valence-electron chi connectivity index (χ2n) is 3.36. The van der Waals surface area contributed by atoms with Gasteiger partial charge in [0.25, 0.3) is 0 Å². The van der Waals surface area contributed by atoms with Crippen LogP contribution in [0.1, 0.15) is 0 Å². The molecular weight excluding hydrogens is 238 g/mol. The first-order chi connectivity index (χ1) is 7.86. The van der Waals surface area contributed by atoms with Crippen LogP contribution in [0.2, 0.25) is 0 Å². The number of nitrogens with zero attached hydrogens (tertiary/aromatic N) is 2. The lowest BCUT2D eigenvalue weighted by molar-refractivity contribution is 1.02. The molecule has 1 aromatic carbocycles. The van der Waals surface area contributed by atoms with Crippen LogP contribution in [0.15, 0.2) is 34.8 Å². The maximum atomic E-state index is 4.19. The third-order valence-electron chi connectivity index (χ3n) is 2.38. The zero-order chi connectivity index (χ0) is 11.0. The maximum Gasteiger partial charge on any atom is 0.174 e. The minimum atomic E-state index is 0.979. The molecule has 0 bridgehead atoms. The quantitative estimate of drug-likeness (QED) is 0.706. The summed E-state index contributed by atoms with van der Waals surface area (Å²) < 4.78 is 1.00. The molecule has 0 aliphatic heterocycles. The van der Waals surface area contributed by atoms with E-state index in [0.29, 0.717) is 0 Å². The average Bonchev–Trinajstić information content (AvgIpc) is 2.96. The number of aromatic nitrogens is 3. The fourth-order valence-corrected chi connectivity index (χ4v) is 2.86. The van der Waals surface area contributed by atoms with Crippen molar-refractivity contribution in [3.8, 4) is 10.6 Å². The van der Waals surface area contributed by atoms with Gasteiger partial charge in [0.2, 0.25) is 0 Å². The molecule has 2 heterocycles. The van der Waals surface area contributed by atoms with Crippen LogP contribution in [0.25, 0.3) is 21.5 Å². The number of benzene rings is 1. The van der Waals surface area contributed by atoms with E-state index in [-0.39, 0.29) is 0 Å². The number of nitrogens with one attached hydrogen (secondary N) is 1. The van der Waals surface area contributed by atoms with Crippen molar-refractivity contribution in [2.75, 3.05) is 6.26 Å². The van der Waals surface area contributed by atoms with Gasteiger partial charge in [-0.1, -0.05) is 23.1 Å². The topological polar surface area (TPSA) is 41.6 Å². The Balaban J connectivity index is 2.10.